The molecule has 0 bridgehead atoms. The molecule has 1 atom stereocenters. The number of hydrogen-bond acceptors (Lipinski definition) is 2. The van der Waals surface area contributed by atoms with Gasteiger partial charge < -0.3 is 11.1 Å². The fourth-order valence-electron chi connectivity index (χ4n) is 1.15. The van der Waals surface area contributed by atoms with Gasteiger partial charge in [-0.15, -0.1) is 0 Å². The van der Waals surface area contributed by atoms with Gasteiger partial charge in [0, 0.05) is 13.0 Å². The van der Waals surface area contributed by atoms with Crippen molar-refractivity contribution in [2.45, 2.75) is 47.0 Å². The molecule has 0 aromatic carbocycles. The van der Waals surface area contributed by atoms with Crippen molar-refractivity contribution >= 4 is 5.91 Å². The SMILES string of the molecule is CC(CC(=O)NCCCCN)C(C)(C)C. The quantitative estimate of drug-likeness (QED) is 0.664. The molecule has 0 aliphatic carbocycles. The van der Waals surface area contributed by atoms with E-state index in [1.807, 2.05) is 0 Å². The highest BCUT2D eigenvalue weighted by Gasteiger charge is 2.22. The van der Waals surface area contributed by atoms with E-state index in [9.17, 15) is 4.79 Å². The van der Waals surface area contributed by atoms with E-state index in [4.69, 9.17) is 5.73 Å². The van der Waals surface area contributed by atoms with Crippen LogP contribution in [0.3, 0.4) is 0 Å². The highest BCUT2D eigenvalue weighted by Crippen LogP contribution is 2.27. The Morgan fingerprint density at radius 2 is 1.93 bits per heavy atom. The second-order valence-corrected chi connectivity index (χ2v) is 5.32. The van der Waals surface area contributed by atoms with Crippen LogP contribution in [0.15, 0.2) is 0 Å². The number of amides is 1. The molecule has 0 aromatic rings. The summed E-state index contributed by atoms with van der Waals surface area (Å²) in [6, 6.07) is 0. The molecule has 90 valence electrons. The van der Waals surface area contributed by atoms with Crippen LogP contribution < -0.4 is 11.1 Å². The molecule has 0 fully saturated rings. The van der Waals surface area contributed by atoms with Gasteiger partial charge in [-0.1, -0.05) is 27.7 Å². The molecule has 3 heteroatoms. The lowest BCUT2D eigenvalue weighted by Crippen LogP contribution is -2.29. The molecule has 0 heterocycles. The summed E-state index contributed by atoms with van der Waals surface area (Å²) in [5.74, 6) is 0.571. The van der Waals surface area contributed by atoms with E-state index in [0.717, 1.165) is 19.4 Å². The standard InChI is InChI=1S/C12H26N2O/c1-10(12(2,3)4)9-11(15)14-8-6-5-7-13/h10H,5-9,13H2,1-4H3,(H,14,15). The van der Waals surface area contributed by atoms with Gasteiger partial charge in [-0.2, -0.15) is 0 Å². The predicted molar refractivity (Wildman–Crippen MR) is 64.5 cm³/mol. The summed E-state index contributed by atoms with van der Waals surface area (Å²) in [5, 5.41) is 2.93. The lowest BCUT2D eigenvalue weighted by molar-refractivity contribution is -0.122. The van der Waals surface area contributed by atoms with Crippen LogP contribution in [0.5, 0.6) is 0 Å². The monoisotopic (exact) mass is 214 g/mol. The lowest BCUT2D eigenvalue weighted by atomic mass is 9.80. The zero-order valence-corrected chi connectivity index (χ0v) is 10.6. The number of nitrogens with one attached hydrogen (secondary N) is 1. The second kappa shape index (κ2) is 6.83. The van der Waals surface area contributed by atoms with Crippen molar-refractivity contribution in [3.05, 3.63) is 0 Å². The maximum atomic E-state index is 11.5. The van der Waals surface area contributed by atoms with Crippen LogP contribution in [-0.4, -0.2) is 19.0 Å². The summed E-state index contributed by atoms with van der Waals surface area (Å²) >= 11 is 0. The fourth-order valence-corrected chi connectivity index (χ4v) is 1.15. The summed E-state index contributed by atoms with van der Waals surface area (Å²) in [5.41, 5.74) is 5.57. The van der Waals surface area contributed by atoms with Gasteiger partial charge in [0.1, 0.15) is 0 Å². The lowest BCUT2D eigenvalue weighted by Gasteiger charge is -2.26. The number of nitrogens with two attached hydrogens (primary N) is 1. The van der Waals surface area contributed by atoms with E-state index in [0.29, 0.717) is 18.9 Å². The van der Waals surface area contributed by atoms with Gasteiger partial charge in [0.25, 0.3) is 0 Å². The maximum absolute atomic E-state index is 11.5. The number of carbonyl (C=O) groups is 1. The van der Waals surface area contributed by atoms with Crippen molar-refractivity contribution in [1.82, 2.24) is 5.32 Å². The van der Waals surface area contributed by atoms with Crippen LogP contribution >= 0.6 is 0 Å². The summed E-state index contributed by atoms with van der Waals surface area (Å²) in [4.78, 5) is 11.5. The second-order valence-electron chi connectivity index (χ2n) is 5.32. The Balaban J connectivity index is 3.65. The van der Waals surface area contributed by atoms with Gasteiger partial charge in [0.15, 0.2) is 0 Å². The average Bonchev–Trinajstić information content (AvgIpc) is 2.11. The molecule has 3 N–H and O–H groups in total. The van der Waals surface area contributed by atoms with E-state index in [2.05, 4.69) is 33.0 Å². The number of hydrogen-bond donors (Lipinski definition) is 2. The highest BCUT2D eigenvalue weighted by molar-refractivity contribution is 5.76. The Labute approximate surface area is 93.8 Å². The molecule has 0 saturated heterocycles. The molecule has 0 aromatic heterocycles. The van der Waals surface area contributed by atoms with Crippen molar-refractivity contribution in [2.24, 2.45) is 17.1 Å². The summed E-state index contributed by atoms with van der Waals surface area (Å²) in [6.45, 7) is 10.1. The molecule has 0 rings (SSSR count). The van der Waals surface area contributed by atoms with Crippen molar-refractivity contribution in [3.63, 3.8) is 0 Å². The van der Waals surface area contributed by atoms with Crippen LogP contribution in [-0.2, 0) is 4.79 Å². The van der Waals surface area contributed by atoms with Crippen molar-refractivity contribution in [3.8, 4) is 0 Å². The topological polar surface area (TPSA) is 55.1 Å². The third-order valence-corrected chi connectivity index (χ3v) is 2.92. The van der Waals surface area contributed by atoms with Gasteiger partial charge in [-0.05, 0) is 30.7 Å². The Morgan fingerprint density at radius 3 is 2.40 bits per heavy atom. The summed E-state index contributed by atoms with van der Waals surface area (Å²) in [7, 11) is 0. The first-order valence-corrected chi connectivity index (χ1v) is 5.84. The summed E-state index contributed by atoms with van der Waals surface area (Å²) in [6.07, 6.45) is 2.58. The summed E-state index contributed by atoms with van der Waals surface area (Å²) < 4.78 is 0. The molecule has 1 amide bonds. The van der Waals surface area contributed by atoms with Crippen LogP contribution in [0.4, 0.5) is 0 Å². The molecule has 0 saturated carbocycles. The maximum Gasteiger partial charge on any atom is 0.220 e. The predicted octanol–water partition coefficient (Wildman–Crippen LogP) is 1.91. The Hall–Kier alpha value is -0.570. The van der Waals surface area contributed by atoms with Crippen molar-refractivity contribution in [1.29, 1.82) is 0 Å². The normalized spacial score (nSPS) is 13.7. The van der Waals surface area contributed by atoms with Crippen LogP contribution in [0.1, 0.15) is 47.0 Å². The first-order valence-electron chi connectivity index (χ1n) is 5.84. The molecule has 0 aliphatic heterocycles. The van der Waals surface area contributed by atoms with E-state index >= 15 is 0 Å². The molecule has 0 aliphatic rings. The van der Waals surface area contributed by atoms with Gasteiger partial charge in [-0.3, -0.25) is 4.79 Å². The number of carbonyl (C=O) groups excluding carboxylic acids is 1. The Bertz CT molecular complexity index is 185. The van der Waals surface area contributed by atoms with Crippen LogP contribution in [0, 0.1) is 11.3 Å². The minimum atomic E-state index is 0.162. The van der Waals surface area contributed by atoms with Gasteiger partial charge in [0.05, 0.1) is 0 Å². The third-order valence-electron chi connectivity index (χ3n) is 2.92. The van der Waals surface area contributed by atoms with Crippen LogP contribution in [0.2, 0.25) is 0 Å². The first-order chi connectivity index (χ1) is 6.88. The largest absolute Gasteiger partial charge is 0.356 e. The Kier molecular flexibility index (Phi) is 6.57. The molecule has 0 radical (unpaired) electrons. The molecular weight excluding hydrogens is 188 g/mol. The fraction of sp³-hybridized carbons (Fsp3) is 0.917. The van der Waals surface area contributed by atoms with Crippen molar-refractivity contribution < 1.29 is 4.79 Å². The molecular formula is C12H26N2O. The van der Waals surface area contributed by atoms with E-state index in [1.54, 1.807) is 0 Å². The molecule has 15 heavy (non-hydrogen) atoms. The zero-order valence-electron chi connectivity index (χ0n) is 10.6. The van der Waals surface area contributed by atoms with E-state index < -0.39 is 0 Å². The van der Waals surface area contributed by atoms with Crippen LogP contribution in [0.25, 0.3) is 0 Å². The van der Waals surface area contributed by atoms with Gasteiger partial charge >= 0.3 is 0 Å². The molecule has 3 nitrogen and oxygen atoms in total. The molecule has 0 spiro atoms. The first kappa shape index (κ1) is 14.4. The van der Waals surface area contributed by atoms with Gasteiger partial charge in [-0.25, -0.2) is 0 Å². The minimum absolute atomic E-state index is 0.162. The van der Waals surface area contributed by atoms with E-state index in [1.165, 1.54) is 0 Å². The third kappa shape index (κ3) is 7.37. The average molecular weight is 214 g/mol. The molecule has 1 unspecified atom stereocenters. The van der Waals surface area contributed by atoms with Crippen molar-refractivity contribution in [2.75, 3.05) is 13.1 Å². The number of unbranched alkanes of at least 4 members (excludes halogenated alkanes) is 1. The Morgan fingerprint density at radius 1 is 1.33 bits per heavy atom. The highest BCUT2D eigenvalue weighted by atomic mass is 16.1. The zero-order chi connectivity index (χ0) is 11.9. The number of rotatable bonds is 6. The van der Waals surface area contributed by atoms with E-state index in [-0.39, 0.29) is 11.3 Å². The van der Waals surface area contributed by atoms with Gasteiger partial charge in [0.2, 0.25) is 5.91 Å². The smallest absolute Gasteiger partial charge is 0.220 e. The minimum Gasteiger partial charge on any atom is -0.356 e.